The van der Waals surface area contributed by atoms with Gasteiger partial charge in [-0.05, 0) is 13.0 Å². The quantitative estimate of drug-likeness (QED) is 0.430. The fourth-order valence-electron chi connectivity index (χ4n) is 1.04. The number of pyridine rings is 1. The van der Waals surface area contributed by atoms with Gasteiger partial charge in [0.15, 0.2) is 0 Å². The molecule has 0 fully saturated rings. The number of nitrogens with zero attached hydrogens (tertiary/aromatic N) is 1. The average Bonchev–Trinajstić information content (AvgIpc) is 2.03. The molecular formula is C7H8BNO3. The van der Waals surface area contributed by atoms with Gasteiger partial charge in [-0.15, -0.1) is 0 Å². The van der Waals surface area contributed by atoms with Crippen LogP contribution in [0.2, 0.25) is 0 Å². The first-order chi connectivity index (χ1) is 5.66. The first kappa shape index (κ1) is 8.90. The van der Waals surface area contributed by atoms with Gasteiger partial charge in [0.2, 0.25) is 0 Å². The molecule has 1 rings (SSSR count). The lowest BCUT2D eigenvalue weighted by atomic mass is 9.76. The molecule has 12 heavy (non-hydrogen) atoms. The van der Waals surface area contributed by atoms with E-state index in [1.165, 1.54) is 12.3 Å². The number of aryl methyl sites for hydroxylation is 1. The largest absolute Gasteiger partial charge is 0.491 e. The Morgan fingerprint density at radius 2 is 2.25 bits per heavy atom. The summed E-state index contributed by atoms with van der Waals surface area (Å²) >= 11 is 0. The lowest BCUT2D eigenvalue weighted by Gasteiger charge is -2.04. The van der Waals surface area contributed by atoms with E-state index < -0.39 is 7.12 Å². The van der Waals surface area contributed by atoms with E-state index in [0.29, 0.717) is 12.0 Å². The van der Waals surface area contributed by atoms with E-state index in [1.54, 1.807) is 6.92 Å². The Balaban J connectivity index is 3.29. The van der Waals surface area contributed by atoms with E-state index in [1.807, 2.05) is 0 Å². The van der Waals surface area contributed by atoms with Gasteiger partial charge in [-0.3, -0.25) is 9.78 Å². The van der Waals surface area contributed by atoms with Gasteiger partial charge >= 0.3 is 7.12 Å². The summed E-state index contributed by atoms with van der Waals surface area (Å²) in [4.78, 5) is 14.3. The number of carbonyl (C=O) groups is 1. The van der Waals surface area contributed by atoms with Gasteiger partial charge in [0.1, 0.15) is 6.29 Å². The van der Waals surface area contributed by atoms with E-state index in [0.717, 1.165) is 0 Å². The van der Waals surface area contributed by atoms with Crippen LogP contribution in [-0.2, 0) is 0 Å². The SMILES string of the molecule is Cc1nccc(C=O)c1B(O)O. The van der Waals surface area contributed by atoms with Crippen molar-refractivity contribution in [1.82, 2.24) is 4.98 Å². The molecule has 0 radical (unpaired) electrons. The zero-order valence-electron chi connectivity index (χ0n) is 6.56. The van der Waals surface area contributed by atoms with Crippen LogP contribution in [0.3, 0.4) is 0 Å². The van der Waals surface area contributed by atoms with Crippen LogP contribution in [0.25, 0.3) is 0 Å². The highest BCUT2D eigenvalue weighted by Gasteiger charge is 2.18. The first-order valence-corrected chi connectivity index (χ1v) is 3.43. The maximum Gasteiger partial charge on any atom is 0.491 e. The lowest BCUT2D eigenvalue weighted by molar-refractivity contribution is 0.112. The molecule has 0 aliphatic heterocycles. The second-order valence-electron chi connectivity index (χ2n) is 2.39. The number of aromatic nitrogens is 1. The highest BCUT2D eigenvalue weighted by atomic mass is 16.4. The zero-order chi connectivity index (χ0) is 9.14. The maximum absolute atomic E-state index is 10.4. The lowest BCUT2D eigenvalue weighted by Crippen LogP contribution is -2.35. The predicted octanol–water partition coefficient (Wildman–Crippen LogP) is -1.12. The van der Waals surface area contributed by atoms with Gasteiger partial charge in [-0.1, -0.05) is 0 Å². The third kappa shape index (κ3) is 1.52. The molecule has 0 aromatic carbocycles. The Labute approximate surface area is 70.0 Å². The molecule has 0 unspecified atom stereocenters. The molecule has 5 heteroatoms. The highest BCUT2D eigenvalue weighted by molar-refractivity contribution is 6.60. The summed E-state index contributed by atoms with van der Waals surface area (Å²) in [7, 11) is -1.64. The van der Waals surface area contributed by atoms with Crippen molar-refractivity contribution in [3.63, 3.8) is 0 Å². The summed E-state index contributed by atoms with van der Waals surface area (Å²) in [5.41, 5.74) is 0.889. The van der Waals surface area contributed by atoms with Crippen LogP contribution in [0, 0.1) is 6.92 Å². The van der Waals surface area contributed by atoms with Crippen molar-refractivity contribution in [2.75, 3.05) is 0 Å². The fourth-order valence-corrected chi connectivity index (χ4v) is 1.04. The summed E-state index contributed by atoms with van der Waals surface area (Å²) in [6.45, 7) is 1.61. The third-order valence-electron chi connectivity index (χ3n) is 1.61. The van der Waals surface area contributed by atoms with Crippen LogP contribution >= 0.6 is 0 Å². The summed E-state index contributed by atoms with van der Waals surface area (Å²) in [5.74, 6) is 0. The third-order valence-corrected chi connectivity index (χ3v) is 1.61. The molecule has 0 amide bonds. The topological polar surface area (TPSA) is 70.4 Å². The Bertz CT molecular complexity index is 301. The van der Waals surface area contributed by atoms with Gasteiger partial charge in [-0.2, -0.15) is 0 Å². The standard InChI is InChI=1S/C7H8BNO3/c1-5-7(8(11)12)6(4-10)2-3-9-5/h2-4,11-12H,1H3. The minimum atomic E-state index is -1.64. The normalized spacial score (nSPS) is 9.58. The summed E-state index contributed by atoms with van der Waals surface area (Å²) < 4.78 is 0. The molecule has 0 saturated carbocycles. The van der Waals surface area contributed by atoms with Crippen molar-refractivity contribution in [1.29, 1.82) is 0 Å². The number of rotatable bonds is 2. The minimum absolute atomic E-state index is 0.174. The number of aldehydes is 1. The Hall–Kier alpha value is -1.20. The Morgan fingerprint density at radius 1 is 1.58 bits per heavy atom. The molecule has 0 bridgehead atoms. The van der Waals surface area contributed by atoms with Crippen LogP contribution in [-0.4, -0.2) is 28.4 Å². The zero-order valence-corrected chi connectivity index (χ0v) is 6.56. The smallest absolute Gasteiger partial charge is 0.423 e. The predicted molar refractivity (Wildman–Crippen MR) is 44.2 cm³/mol. The van der Waals surface area contributed by atoms with E-state index >= 15 is 0 Å². The molecular weight excluding hydrogens is 157 g/mol. The number of hydrogen-bond donors (Lipinski definition) is 2. The Kier molecular flexibility index (Phi) is 2.57. The molecule has 0 aliphatic rings. The van der Waals surface area contributed by atoms with Crippen LogP contribution < -0.4 is 5.46 Å². The molecule has 0 aliphatic carbocycles. The Morgan fingerprint density at radius 3 is 2.67 bits per heavy atom. The summed E-state index contributed by atoms with van der Waals surface area (Å²) in [5, 5.41) is 17.7. The minimum Gasteiger partial charge on any atom is -0.423 e. The molecule has 0 atom stereocenters. The highest BCUT2D eigenvalue weighted by Crippen LogP contribution is 1.95. The van der Waals surface area contributed by atoms with Crippen LogP contribution in [0.4, 0.5) is 0 Å². The van der Waals surface area contributed by atoms with Crippen molar-refractivity contribution in [3.05, 3.63) is 23.5 Å². The van der Waals surface area contributed by atoms with E-state index in [-0.39, 0.29) is 11.0 Å². The van der Waals surface area contributed by atoms with Crippen LogP contribution in [0.15, 0.2) is 12.3 Å². The molecule has 0 spiro atoms. The number of carbonyl (C=O) groups excluding carboxylic acids is 1. The summed E-state index contributed by atoms with van der Waals surface area (Å²) in [6, 6.07) is 1.44. The molecule has 4 nitrogen and oxygen atoms in total. The van der Waals surface area contributed by atoms with Gasteiger partial charge in [0.25, 0.3) is 0 Å². The van der Waals surface area contributed by atoms with Crippen molar-refractivity contribution in [3.8, 4) is 0 Å². The molecule has 0 saturated heterocycles. The van der Waals surface area contributed by atoms with E-state index in [4.69, 9.17) is 10.0 Å². The summed E-state index contributed by atoms with van der Waals surface area (Å²) in [6.07, 6.45) is 2.02. The first-order valence-electron chi connectivity index (χ1n) is 3.43. The second kappa shape index (κ2) is 3.47. The van der Waals surface area contributed by atoms with Crippen molar-refractivity contribution < 1.29 is 14.8 Å². The van der Waals surface area contributed by atoms with E-state index in [9.17, 15) is 4.79 Å². The second-order valence-corrected chi connectivity index (χ2v) is 2.39. The van der Waals surface area contributed by atoms with Gasteiger partial charge in [0, 0.05) is 22.9 Å². The molecule has 1 heterocycles. The van der Waals surface area contributed by atoms with Crippen LogP contribution in [0.5, 0.6) is 0 Å². The maximum atomic E-state index is 10.4. The van der Waals surface area contributed by atoms with Crippen molar-refractivity contribution >= 4 is 18.9 Å². The average molecular weight is 165 g/mol. The van der Waals surface area contributed by atoms with Crippen LogP contribution in [0.1, 0.15) is 16.1 Å². The fraction of sp³-hybridized carbons (Fsp3) is 0.143. The van der Waals surface area contributed by atoms with Gasteiger partial charge in [-0.25, -0.2) is 0 Å². The van der Waals surface area contributed by atoms with Gasteiger partial charge < -0.3 is 10.0 Å². The van der Waals surface area contributed by atoms with E-state index in [2.05, 4.69) is 4.98 Å². The molecule has 1 aromatic rings. The van der Waals surface area contributed by atoms with Crippen molar-refractivity contribution in [2.24, 2.45) is 0 Å². The number of hydrogen-bond acceptors (Lipinski definition) is 4. The van der Waals surface area contributed by atoms with Gasteiger partial charge in [0.05, 0.1) is 0 Å². The molecule has 62 valence electrons. The molecule has 1 aromatic heterocycles. The van der Waals surface area contributed by atoms with Crippen molar-refractivity contribution in [2.45, 2.75) is 6.92 Å². The molecule has 2 N–H and O–H groups in total. The monoisotopic (exact) mass is 165 g/mol.